The summed E-state index contributed by atoms with van der Waals surface area (Å²) in [4.78, 5) is 16.6. The molecule has 0 radical (unpaired) electrons. The first-order valence-electron chi connectivity index (χ1n) is 6.13. The maximum absolute atomic E-state index is 12.3. The summed E-state index contributed by atoms with van der Waals surface area (Å²) in [5, 5.41) is 6.72. The Bertz CT molecular complexity index is 401. The van der Waals surface area contributed by atoms with Crippen molar-refractivity contribution >= 4 is 5.91 Å². The van der Waals surface area contributed by atoms with Gasteiger partial charge in [0.15, 0.2) is 0 Å². The van der Waals surface area contributed by atoms with Gasteiger partial charge in [0.25, 0.3) is 5.91 Å². The van der Waals surface area contributed by atoms with Gasteiger partial charge in [0.2, 0.25) is 0 Å². The van der Waals surface area contributed by atoms with Crippen molar-refractivity contribution in [2.75, 3.05) is 26.7 Å². The molecule has 1 atom stereocenters. The predicted octanol–water partition coefficient (Wildman–Crippen LogP) is 0.884. The molecule has 1 N–H and O–H groups in total. The largest absolute Gasteiger partial charge is 0.336 e. The number of amides is 1. The smallest absolute Gasteiger partial charge is 0.257 e. The number of carbonyl (C=O) groups excluding carboxylic acids is 1. The van der Waals surface area contributed by atoms with Gasteiger partial charge in [0.05, 0.1) is 11.8 Å². The van der Waals surface area contributed by atoms with Crippen LogP contribution in [0, 0.1) is 6.92 Å². The SMILES string of the molecule is CCC1CN(C(=O)c2cn[nH]c2C)CCN1C. The van der Waals surface area contributed by atoms with Gasteiger partial charge in [-0.1, -0.05) is 6.92 Å². The number of H-pyrrole nitrogens is 1. The molecule has 94 valence electrons. The molecule has 2 rings (SSSR count). The lowest BCUT2D eigenvalue weighted by Crippen LogP contribution is -2.53. The van der Waals surface area contributed by atoms with Gasteiger partial charge in [-0.05, 0) is 20.4 Å². The van der Waals surface area contributed by atoms with Gasteiger partial charge in [-0.15, -0.1) is 0 Å². The highest BCUT2D eigenvalue weighted by atomic mass is 16.2. The predicted molar refractivity (Wildman–Crippen MR) is 65.9 cm³/mol. The van der Waals surface area contributed by atoms with Crippen LogP contribution in [0.1, 0.15) is 29.4 Å². The molecule has 0 bridgehead atoms. The molecular weight excluding hydrogens is 216 g/mol. The fourth-order valence-electron chi connectivity index (χ4n) is 2.31. The first-order chi connectivity index (χ1) is 8.13. The first-order valence-corrected chi connectivity index (χ1v) is 6.13. The maximum Gasteiger partial charge on any atom is 0.257 e. The third-order valence-corrected chi connectivity index (χ3v) is 3.60. The van der Waals surface area contributed by atoms with Crippen LogP contribution in [0.4, 0.5) is 0 Å². The van der Waals surface area contributed by atoms with Crippen molar-refractivity contribution in [3.05, 3.63) is 17.5 Å². The molecule has 1 aliphatic heterocycles. The minimum atomic E-state index is 0.0998. The molecule has 17 heavy (non-hydrogen) atoms. The van der Waals surface area contributed by atoms with Crippen molar-refractivity contribution in [3.8, 4) is 0 Å². The van der Waals surface area contributed by atoms with Gasteiger partial charge >= 0.3 is 0 Å². The summed E-state index contributed by atoms with van der Waals surface area (Å²) in [5.41, 5.74) is 1.55. The topological polar surface area (TPSA) is 52.2 Å². The average Bonchev–Trinajstić information content (AvgIpc) is 2.75. The molecule has 0 aliphatic carbocycles. The number of aryl methyl sites for hydroxylation is 1. The van der Waals surface area contributed by atoms with E-state index in [1.807, 2.05) is 11.8 Å². The summed E-state index contributed by atoms with van der Waals surface area (Å²) in [7, 11) is 2.12. The minimum Gasteiger partial charge on any atom is -0.336 e. The molecule has 1 aliphatic rings. The van der Waals surface area contributed by atoms with Gasteiger partial charge < -0.3 is 4.90 Å². The van der Waals surface area contributed by atoms with Gasteiger partial charge in [0.1, 0.15) is 0 Å². The van der Waals surface area contributed by atoms with E-state index < -0.39 is 0 Å². The number of hydrogen-bond acceptors (Lipinski definition) is 3. The highest BCUT2D eigenvalue weighted by Crippen LogP contribution is 2.14. The Balaban J connectivity index is 2.09. The van der Waals surface area contributed by atoms with Crippen molar-refractivity contribution in [1.29, 1.82) is 0 Å². The third-order valence-electron chi connectivity index (χ3n) is 3.60. The minimum absolute atomic E-state index is 0.0998. The fourth-order valence-corrected chi connectivity index (χ4v) is 2.31. The Hall–Kier alpha value is -1.36. The number of aromatic amines is 1. The Morgan fingerprint density at radius 3 is 2.94 bits per heavy atom. The Kier molecular flexibility index (Phi) is 3.47. The van der Waals surface area contributed by atoms with Crippen molar-refractivity contribution < 1.29 is 4.79 Å². The average molecular weight is 236 g/mol. The van der Waals surface area contributed by atoms with E-state index in [1.165, 1.54) is 0 Å². The molecule has 1 amide bonds. The van der Waals surface area contributed by atoms with Crippen molar-refractivity contribution in [2.24, 2.45) is 0 Å². The number of likely N-dealkylation sites (N-methyl/N-ethyl adjacent to an activating group) is 1. The molecule has 1 saturated heterocycles. The molecule has 0 aromatic carbocycles. The van der Waals surface area contributed by atoms with Gasteiger partial charge in [-0.25, -0.2) is 0 Å². The Labute approximate surface area is 102 Å². The highest BCUT2D eigenvalue weighted by molar-refractivity contribution is 5.95. The molecule has 2 heterocycles. The van der Waals surface area contributed by atoms with Crippen LogP contribution in [0.25, 0.3) is 0 Å². The van der Waals surface area contributed by atoms with Crippen LogP contribution in [-0.2, 0) is 0 Å². The van der Waals surface area contributed by atoms with Crippen LogP contribution < -0.4 is 0 Å². The quantitative estimate of drug-likeness (QED) is 0.829. The summed E-state index contributed by atoms with van der Waals surface area (Å²) in [6, 6.07) is 0.472. The molecule has 5 nitrogen and oxygen atoms in total. The van der Waals surface area contributed by atoms with Crippen molar-refractivity contribution in [2.45, 2.75) is 26.3 Å². The Morgan fingerprint density at radius 1 is 1.59 bits per heavy atom. The van der Waals surface area contributed by atoms with Crippen LogP contribution in [0.2, 0.25) is 0 Å². The van der Waals surface area contributed by atoms with Gasteiger partial charge in [-0.2, -0.15) is 5.10 Å². The number of rotatable bonds is 2. The summed E-state index contributed by atoms with van der Waals surface area (Å²) in [5.74, 6) is 0.0998. The monoisotopic (exact) mass is 236 g/mol. The molecular formula is C12H20N4O. The van der Waals surface area contributed by atoms with Crippen LogP contribution >= 0.6 is 0 Å². The summed E-state index contributed by atoms with van der Waals surface area (Å²) in [6.07, 6.45) is 2.70. The van der Waals surface area contributed by atoms with E-state index in [1.54, 1.807) is 6.20 Å². The lowest BCUT2D eigenvalue weighted by atomic mass is 10.1. The normalized spacial score (nSPS) is 21.8. The summed E-state index contributed by atoms with van der Waals surface area (Å²) >= 11 is 0. The number of nitrogens with one attached hydrogen (secondary N) is 1. The number of carbonyl (C=O) groups is 1. The summed E-state index contributed by atoms with van der Waals surface area (Å²) < 4.78 is 0. The lowest BCUT2D eigenvalue weighted by Gasteiger charge is -2.39. The van der Waals surface area contributed by atoms with E-state index in [0.717, 1.165) is 31.7 Å². The Morgan fingerprint density at radius 2 is 2.35 bits per heavy atom. The maximum atomic E-state index is 12.3. The number of hydrogen-bond donors (Lipinski definition) is 1. The number of aromatic nitrogens is 2. The van der Waals surface area contributed by atoms with E-state index in [4.69, 9.17) is 0 Å². The van der Waals surface area contributed by atoms with Gasteiger partial charge in [-0.3, -0.25) is 14.8 Å². The van der Waals surface area contributed by atoms with E-state index in [0.29, 0.717) is 11.6 Å². The first kappa shape index (κ1) is 12.1. The van der Waals surface area contributed by atoms with Crippen molar-refractivity contribution in [1.82, 2.24) is 20.0 Å². The molecule has 1 fully saturated rings. The summed E-state index contributed by atoms with van der Waals surface area (Å²) in [6.45, 7) is 6.61. The molecule has 1 aromatic heterocycles. The second kappa shape index (κ2) is 4.87. The zero-order chi connectivity index (χ0) is 12.4. The van der Waals surface area contributed by atoms with E-state index >= 15 is 0 Å². The standard InChI is InChI=1S/C12H20N4O/c1-4-10-8-16(6-5-15(10)3)12(17)11-7-13-14-9(11)2/h7,10H,4-6,8H2,1-3H3,(H,13,14). The molecule has 1 aromatic rings. The van der Waals surface area contributed by atoms with E-state index in [2.05, 4.69) is 29.1 Å². The molecule has 0 saturated carbocycles. The van der Waals surface area contributed by atoms with Crippen LogP contribution in [-0.4, -0.2) is 58.6 Å². The highest BCUT2D eigenvalue weighted by Gasteiger charge is 2.27. The second-order valence-corrected chi connectivity index (χ2v) is 4.70. The zero-order valence-corrected chi connectivity index (χ0v) is 10.7. The zero-order valence-electron chi connectivity index (χ0n) is 10.7. The van der Waals surface area contributed by atoms with E-state index in [9.17, 15) is 4.79 Å². The number of nitrogens with zero attached hydrogens (tertiary/aromatic N) is 3. The van der Waals surface area contributed by atoms with Crippen molar-refractivity contribution in [3.63, 3.8) is 0 Å². The molecule has 1 unspecified atom stereocenters. The number of piperazine rings is 1. The second-order valence-electron chi connectivity index (χ2n) is 4.70. The van der Waals surface area contributed by atoms with Crippen LogP contribution in [0.5, 0.6) is 0 Å². The van der Waals surface area contributed by atoms with Crippen LogP contribution in [0.3, 0.4) is 0 Å². The van der Waals surface area contributed by atoms with Crippen LogP contribution in [0.15, 0.2) is 6.20 Å². The molecule has 5 heteroatoms. The third kappa shape index (κ3) is 2.34. The molecule has 0 spiro atoms. The fraction of sp³-hybridized carbons (Fsp3) is 0.667. The van der Waals surface area contributed by atoms with Gasteiger partial charge in [0, 0.05) is 31.4 Å². The van der Waals surface area contributed by atoms with E-state index in [-0.39, 0.29) is 5.91 Å². The lowest BCUT2D eigenvalue weighted by molar-refractivity contribution is 0.0541.